The molecule has 0 bridgehead atoms. The summed E-state index contributed by atoms with van der Waals surface area (Å²) in [5, 5.41) is 12.3. The summed E-state index contributed by atoms with van der Waals surface area (Å²) in [6, 6.07) is 6.17. The molecule has 0 radical (unpaired) electrons. The van der Waals surface area contributed by atoms with Crippen LogP contribution in [0.3, 0.4) is 0 Å². The van der Waals surface area contributed by atoms with Gasteiger partial charge in [0.25, 0.3) is 0 Å². The van der Waals surface area contributed by atoms with Crippen LogP contribution in [0.1, 0.15) is 18.2 Å². The molecule has 4 aromatic heterocycles. The molecule has 166 valence electrons. The molecular weight excluding hydrogens is 404 g/mol. The first kappa shape index (κ1) is 20.6. The average molecular weight is 433 g/mol. The van der Waals surface area contributed by atoms with E-state index in [-0.39, 0.29) is 6.10 Å². The minimum atomic E-state index is 0.254. The zero-order valence-corrected chi connectivity index (χ0v) is 18.9. The van der Waals surface area contributed by atoms with Crippen LogP contribution in [-0.4, -0.2) is 60.5 Å². The number of nitrogens with zero attached hydrogens (tertiary/aromatic N) is 7. The second-order valence-electron chi connectivity index (χ2n) is 8.67. The highest BCUT2D eigenvalue weighted by atomic mass is 16.5. The first-order chi connectivity index (χ1) is 15.5. The first-order valence-electron chi connectivity index (χ1n) is 10.8. The van der Waals surface area contributed by atoms with Crippen molar-refractivity contribution in [2.75, 3.05) is 25.5 Å². The molecule has 4 aromatic rings. The van der Waals surface area contributed by atoms with Gasteiger partial charge in [0.2, 0.25) is 0 Å². The third-order valence-electron chi connectivity index (χ3n) is 5.97. The molecule has 5 heterocycles. The van der Waals surface area contributed by atoms with Crippen LogP contribution < -0.4 is 5.32 Å². The van der Waals surface area contributed by atoms with Gasteiger partial charge in [-0.25, -0.2) is 9.50 Å². The molecule has 32 heavy (non-hydrogen) atoms. The fraction of sp³-hybridized carbons (Fsp3) is 0.391. The van der Waals surface area contributed by atoms with Crippen molar-refractivity contribution in [3.8, 4) is 11.3 Å². The maximum Gasteiger partial charge on any atom is 0.154 e. The Bertz CT molecular complexity index is 1230. The normalized spacial score (nSPS) is 19.1. The van der Waals surface area contributed by atoms with Crippen molar-refractivity contribution in [2.24, 2.45) is 13.0 Å². The molecule has 5 rings (SSSR count). The van der Waals surface area contributed by atoms with Crippen LogP contribution in [0, 0.1) is 12.8 Å². The van der Waals surface area contributed by atoms with Crippen LogP contribution in [0.25, 0.3) is 16.8 Å². The number of anilines is 2. The largest absolute Gasteiger partial charge is 0.372 e. The lowest BCUT2D eigenvalue weighted by Crippen LogP contribution is -2.21. The van der Waals surface area contributed by atoms with E-state index in [9.17, 15) is 0 Å². The lowest BCUT2D eigenvalue weighted by molar-refractivity contribution is 0.0273. The summed E-state index contributed by atoms with van der Waals surface area (Å²) in [6.07, 6.45) is 7.55. The van der Waals surface area contributed by atoms with Gasteiger partial charge in [-0.1, -0.05) is 6.92 Å². The summed E-state index contributed by atoms with van der Waals surface area (Å²) >= 11 is 0. The number of fused-ring (bicyclic) bond motifs is 1. The molecule has 0 amide bonds. The fourth-order valence-electron chi connectivity index (χ4n) is 4.34. The lowest BCUT2D eigenvalue weighted by Gasteiger charge is -2.16. The van der Waals surface area contributed by atoms with Crippen molar-refractivity contribution in [3.05, 3.63) is 54.2 Å². The Morgan fingerprint density at radius 1 is 1.09 bits per heavy atom. The summed E-state index contributed by atoms with van der Waals surface area (Å²) in [4.78, 5) is 10.9. The fourth-order valence-corrected chi connectivity index (χ4v) is 4.34. The predicted octanol–water partition coefficient (Wildman–Crippen LogP) is 3.04. The van der Waals surface area contributed by atoms with Gasteiger partial charge < -0.3 is 15.0 Å². The Morgan fingerprint density at radius 2 is 1.97 bits per heavy atom. The van der Waals surface area contributed by atoms with Crippen molar-refractivity contribution >= 4 is 17.2 Å². The molecule has 1 unspecified atom stereocenters. The van der Waals surface area contributed by atoms with Gasteiger partial charge in [-0.05, 0) is 32.0 Å². The van der Waals surface area contributed by atoms with Gasteiger partial charge in [-0.3, -0.25) is 9.67 Å². The highest BCUT2D eigenvalue weighted by molar-refractivity contribution is 5.71. The number of likely N-dealkylation sites (N-methyl/N-ethyl adjacent to an activating group) is 1. The van der Waals surface area contributed by atoms with Crippen molar-refractivity contribution in [2.45, 2.75) is 26.6 Å². The van der Waals surface area contributed by atoms with Crippen molar-refractivity contribution in [3.63, 3.8) is 0 Å². The number of aryl methyl sites for hydroxylation is 2. The molecule has 9 heteroatoms. The maximum absolute atomic E-state index is 6.28. The molecule has 9 nitrogen and oxygen atoms in total. The van der Waals surface area contributed by atoms with Crippen LogP contribution in [-0.2, 0) is 18.4 Å². The van der Waals surface area contributed by atoms with Crippen molar-refractivity contribution in [1.29, 1.82) is 0 Å². The zero-order chi connectivity index (χ0) is 22.2. The Morgan fingerprint density at radius 3 is 2.72 bits per heavy atom. The van der Waals surface area contributed by atoms with Crippen molar-refractivity contribution in [1.82, 2.24) is 34.3 Å². The molecule has 1 fully saturated rings. The third kappa shape index (κ3) is 4.09. The SMILES string of the molecule is Cc1cnc(Nc2cc3cc(-c4c(CO[C@H]5CN(C)CC5C)cnn4C)ccn3n2)cn1. The number of nitrogens with one attached hydrogen (secondary N) is 1. The zero-order valence-electron chi connectivity index (χ0n) is 18.9. The van der Waals surface area contributed by atoms with E-state index in [1.165, 1.54) is 0 Å². The predicted molar refractivity (Wildman–Crippen MR) is 123 cm³/mol. The molecule has 1 aliphatic heterocycles. The minimum absolute atomic E-state index is 0.254. The van der Waals surface area contributed by atoms with Crippen LogP contribution in [0.2, 0.25) is 0 Å². The van der Waals surface area contributed by atoms with Crippen LogP contribution in [0.4, 0.5) is 11.6 Å². The quantitative estimate of drug-likeness (QED) is 0.501. The standard InChI is InChI=1S/C23H28N8O/c1-15-12-29(3)13-20(15)32-14-18-10-26-30(4)23(18)17-5-6-31-19(7-17)8-21(28-31)27-22-11-24-16(2)9-25-22/h5-11,15,20H,12-14H2,1-4H3,(H,25,27,28)/t15?,20-/m0/s1. The van der Waals surface area contributed by atoms with Gasteiger partial charge in [-0.2, -0.15) is 10.2 Å². The number of hydrogen-bond donors (Lipinski definition) is 1. The van der Waals surface area contributed by atoms with Crippen LogP contribution in [0.15, 0.2) is 43.0 Å². The topological polar surface area (TPSA) is 85.4 Å². The summed E-state index contributed by atoms with van der Waals surface area (Å²) in [5.41, 5.74) is 5.08. The maximum atomic E-state index is 6.28. The number of likely N-dealkylation sites (tertiary alicyclic amines) is 1. The summed E-state index contributed by atoms with van der Waals surface area (Å²) in [5.74, 6) is 1.91. The molecule has 0 aromatic carbocycles. The van der Waals surface area contributed by atoms with Gasteiger partial charge in [0.1, 0.15) is 5.82 Å². The molecule has 2 atom stereocenters. The Balaban J connectivity index is 1.37. The molecule has 1 N–H and O–H groups in total. The third-order valence-corrected chi connectivity index (χ3v) is 5.97. The Kier molecular flexibility index (Phi) is 5.36. The van der Waals surface area contributed by atoms with Gasteiger partial charge in [-0.15, -0.1) is 0 Å². The molecule has 0 saturated carbocycles. The number of pyridine rings is 1. The lowest BCUT2D eigenvalue weighted by atomic mass is 10.1. The van der Waals surface area contributed by atoms with E-state index in [0.29, 0.717) is 24.2 Å². The van der Waals surface area contributed by atoms with Gasteiger partial charge >= 0.3 is 0 Å². The minimum Gasteiger partial charge on any atom is -0.372 e. The number of aromatic nitrogens is 6. The van der Waals surface area contributed by atoms with Gasteiger partial charge in [0, 0.05) is 43.5 Å². The Hall–Kier alpha value is -3.30. The van der Waals surface area contributed by atoms with Crippen LogP contribution in [0.5, 0.6) is 0 Å². The van der Waals surface area contributed by atoms with Crippen LogP contribution >= 0.6 is 0 Å². The second-order valence-corrected chi connectivity index (χ2v) is 8.67. The van der Waals surface area contributed by atoms with E-state index in [2.05, 4.69) is 56.5 Å². The van der Waals surface area contributed by atoms with Gasteiger partial charge in [0.05, 0.1) is 48.2 Å². The second kappa shape index (κ2) is 8.33. The van der Waals surface area contributed by atoms with E-state index in [0.717, 1.165) is 41.1 Å². The molecule has 1 saturated heterocycles. The Labute approximate surface area is 187 Å². The highest BCUT2D eigenvalue weighted by Crippen LogP contribution is 2.28. The number of ether oxygens (including phenoxy) is 1. The first-order valence-corrected chi connectivity index (χ1v) is 10.8. The average Bonchev–Trinajstić information content (AvgIpc) is 3.43. The van der Waals surface area contributed by atoms with E-state index in [4.69, 9.17) is 4.74 Å². The van der Waals surface area contributed by atoms with E-state index in [1.54, 1.807) is 12.4 Å². The molecule has 0 spiro atoms. The van der Waals surface area contributed by atoms with E-state index < -0.39 is 0 Å². The monoisotopic (exact) mass is 432 g/mol. The summed E-state index contributed by atoms with van der Waals surface area (Å²) in [6.45, 7) is 6.76. The number of hydrogen-bond acceptors (Lipinski definition) is 7. The number of rotatable bonds is 6. The molecular formula is C23H28N8O. The smallest absolute Gasteiger partial charge is 0.154 e. The summed E-state index contributed by atoms with van der Waals surface area (Å²) < 4.78 is 10.0. The van der Waals surface area contributed by atoms with Crippen molar-refractivity contribution < 1.29 is 4.74 Å². The van der Waals surface area contributed by atoms with E-state index in [1.807, 2.05) is 41.6 Å². The molecule has 0 aliphatic carbocycles. The highest BCUT2D eigenvalue weighted by Gasteiger charge is 2.28. The summed E-state index contributed by atoms with van der Waals surface area (Å²) in [7, 11) is 4.11. The van der Waals surface area contributed by atoms with E-state index >= 15 is 0 Å². The molecule has 1 aliphatic rings. The van der Waals surface area contributed by atoms with Gasteiger partial charge in [0.15, 0.2) is 5.82 Å².